The molecule has 0 spiro atoms. The molecule has 1 heterocycles. The van der Waals surface area contributed by atoms with Crippen molar-refractivity contribution in [3.05, 3.63) is 36.4 Å². The summed E-state index contributed by atoms with van der Waals surface area (Å²) >= 11 is 0. The highest BCUT2D eigenvalue weighted by atomic mass is 16.5. The van der Waals surface area contributed by atoms with E-state index in [1.807, 2.05) is 12.1 Å². The van der Waals surface area contributed by atoms with Gasteiger partial charge in [0.25, 0.3) is 0 Å². The molecule has 7 heteroatoms. The zero-order chi connectivity index (χ0) is 14.2. The number of aromatic nitrogens is 3. The zero-order valence-corrected chi connectivity index (χ0v) is 11.0. The van der Waals surface area contributed by atoms with Crippen LogP contribution in [0, 0.1) is 0 Å². The fourth-order valence-electron chi connectivity index (χ4n) is 1.63. The maximum absolute atomic E-state index is 11.6. The highest BCUT2D eigenvalue weighted by Gasteiger charge is 2.04. The van der Waals surface area contributed by atoms with E-state index >= 15 is 0 Å². The Kier molecular flexibility index (Phi) is 4.94. The number of para-hydroxylation sites is 2. The Labute approximate surface area is 116 Å². The number of amides is 1. The highest BCUT2D eigenvalue weighted by molar-refractivity contribution is 5.76. The first-order valence-electron chi connectivity index (χ1n) is 6.34. The molecular weight excluding hydrogens is 258 g/mol. The van der Waals surface area contributed by atoms with Gasteiger partial charge >= 0.3 is 0 Å². The second-order valence-electron chi connectivity index (χ2n) is 4.17. The van der Waals surface area contributed by atoms with Gasteiger partial charge in [-0.05, 0) is 12.1 Å². The molecule has 2 aromatic rings. The summed E-state index contributed by atoms with van der Waals surface area (Å²) in [7, 11) is 0. The summed E-state index contributed by atoms with van der Waals surface area (Å²) < 4.78 is 5.45. The van der Waals surface area contributed by atoms with Gasteiger partial charge in [-0.1, -0.05) is 12.1 Å². The van der Waals surface area contributed by atoms with Crippen molar-refractivity contribution in [3.8, 4) is 5.75 Å². The molecule has 1 aromatic carbocycles. The zero-order valence-electron chi connectivity index (χ0n) is 11.0. The number of nitrogen functional groups attached to an aromatic ring is 1. The number of hydrogen-bond donors (Lipinski definition) is 3. The molecule has 0 saturated heterocycles. The molecule has 1 amide bonds. The minimum Gasteiger partial charge on any atom is -0.491 e. The van der Waals surface area contributed by atoms with Crippen molar-refractivity contribution in [1.82, 2.24) is 20.5 Å². The second kappa shape index (κ2) is 7.13. The van der Waals surface area contributed by atoms with E-state index in [0.717, 1.165) is 5.82 Å². The van der Waals surface area contributed by atoms with Crippen LogP contribution in [-0.4, -0.2) is 34.2 Å². The number of benzene rings is 1. The van der Waals surface area contributed by atoms with Gasteiger partial charge in [0.1, 0.15) is 17.9 Å². The first-order valence-corrected chi connectivity index (χ1v) is 6.34. The van der Waals surface area contributed by atoms with Crippen molar-refractivity contribution in [3.63, 3.8) is 0 Å². The van der Waals surface area contributed by atoms with Crippen LogP contribution < -0.4 is 15.8 Å². The van der Waals surface area contributed by atoms with Crippen molar-refractivity contribution in [1.29, 1.82) is 0 Å². The smallest absolute Gasteiger partial charge is 0.223 e. The number of carbonyl (C=O) groups excluding carboxylic acids is 1. The van der Waals surface area contributed by atoms with Crippen LogP contribution >= 0.6 is 0 Å². The van der Waals surface area contributed by atoms with E-state index in [0.29, 0.717) is 31.0 Å². The lowest BCUT2D eigenvalue weighted by Gasteiger charge is -2.08. The topological polar surface area (TPSA) is 106 Å². The van der Waals surface area contributed by atoms with Crippen LogP contribution in [0.3, 0.4) is 0 Å². The number of nitrogens with two attached hydrogens (primary N) is 1. The molecule has 0 radical (unpaired) electrons. The van der Waals surface area contributed by atoms with Gasteiger partial charge in [0, 0.05) is 13.0 Å². The van der Waals surface area contributed by atoms with Crippen LogP contribution in [0.1, 0.15) is 12.2 Å². The van der Waals surface area contributed by atoms with Gasteiger partial charge in [0.2, 0.25) is 5.91 Å². The molecule has 1 aromatic heterocycles. The third-order valence-corrected chi connectivity index (χ3v) is 2.65. The molecule has 0 aliphatic carbocycles. The normalized spacial score (nSPS) is 10.2. The Morgan fingerprint density at radius 1 is 1.40 bits per heavy atom. The third-order valence-electron chi connectivity index (χ3n) is 2.65. The molecule has 0 bridgehead atoms. The van der Waals surface area contributed by atoms with Gasteiger partial charge in [-0.25, -0.2) is 4.98 Å². The molecule has 0 atom stereocenters. The summed E-state index contributed by atoms with van der Waals surface area (Å²) in [5.74, 6) is 1.28. The largest absolute Gasteiger partial charge is 0.491 e. The number of nitrogens with zero attached hydrogens (tertiary/aromatic N) is 2. The average molecular weight is 275 g/mol. The van der Waals surface area contributed by atoms with Crippen molar-refractivity contribution < 1.29 is 9.53 Å². The van der Waals surface area contributed by atoms with E-state index in [-0.39, 0.29) is 12.3 Å². The number of carbonyl (C=O) groups is 1. The number of anilines is 1. The molecular formula is C13H17N5O2. The molecule has 4 N–H and O–H groups in total. The fraction of sp³-hybridized carbons (Fsp3) is 0.308. The standard InChI is InChI=1S/C13H17N5O2/c14-10-3-1-2-4-11(10)20-8-6-13(19)15-7-5-12-16-9-17-18-12/h1-4,9H,5-8,14H2,(H,15,19)(H,16,17,18). The van der Waals surface area contributed by atoms with Crippen LogP contribution in [0.2, 0.25) is 0 Å². The lowest BCUT2D eigenvalue weighted by Crippen LogP contribution is -2.27. The number of nitrogens with one attached hydrogen (secondary N) is 2. The van der Waals surface area contributed by atoms with Gasteiger partial charge in [0.05, 0.1) is 18.7 Å². The third kappa shape index (κ3) is 4.27. The van der Waals surface area contributed by atoms with Gasteiger partial charge in [-0.3, -0.25) is 9.89 Å². The molecule has 0 aliphatic rings. The number of rotatable bonds is 7. The molecule has 0 saturated carbocycles. The molecule has 0 unspecified atom stereocenters. The quantitative estimate of drug-likeness (QED) is 0.639. The van der Waals surface area contributed by atoms with Gasteiger partial charge in [0.15, 0.2) is 0 Å². The van der Waals surface area contributed by atoms with Crippen molar-refractivity contribution in [2.75, 3.05) is 18.9 Å². The number of aromatic amines is 1. The lowest BCUT2D eigenvalue weighted by atomic mass is 10.3. The predicted molar refractivity (Wildman–Crippen MR) is 74.1 cm³/mol. The number of hydrogen-bond acceptors (Lipinski definition) is 5. The molecule has 7 nitrogen and oxygen atoms in total. The van der Waals surface area contributed by atoms with Crippen LogP contribution in [0.25, 0.3) is 0 Å². The molecule has 0 aliphatic heterocycles. The van der Waals surface area contributed by atoms with E-state index in [9.17, 15) is 4.79 Å². The van der Waals surface area contributed by atoms with E-state index in [2.05, 4.69) is 20.5 Å². The van der Waals surface area contributed by atoms with Crippen molar-refractivity contribution >= 4 is 11.6 Å². The monoisotopic (exact) mass is 275 g/mol. The first-order chi connectivity index (χ1) is 9.75. The van der Waals surface area contributed by atoms with E-state index in [4.69, 9.17) is 10.5 Å². The highest BCUT2D eigenvalue weighted by Crippen LogP contribution is 2.19. The van der Waals surface area contributed by atoms with Crippen LogP contribution in [0.5, 0.6) is 5.75 Å². The van der Waals surface area contributed by atoms with E-state index in [1.165, 1.54) is 6.33 Å². The molecule has 106 valence electrons. The Morgan fingerprint density at radius 2 is 2.25 bits per heavy atom. The Balaban J connectivity index is 1.62. The Morgan fingerprint density at radius 3 is 3.00 bits per heavy atom. The summed E-state index contributed by atoms with van der Waals surface area (Å²) in [6, 6.07) is 7.20. The van der Waals surface area contributed by atoms with Crippen LogP contribution in [0.15, 0.2) is 30.6 Å². The van der Waals surface area contributed by atoms with E-state index < -0.39 is 0 Å². The lowest BCUT2D eigenvalue weighted by molar-refractivity contribution is -0.121. The van der Waals surface area contributed by atoms with Gasteiger partial charge in [-0.2, -0.15) is 5.10 Å². The Hall–Kier alpha value is -2.57. The maximum atomic E-state index is 11.6. The summed E-state index contributed by atoms with van der Waals surface area (Å²) in [5, 5.41) is 9.25. The molecule has 20 heavy (non-hydrogen) atoms. The number of ether oxygens (including phenoxy) is 1. The average Bonchev–Trinajstić information content (AvgIpc) is 2.94. The minimum atomic E-state index is -0.0704. The minimum absolute atomic E-state index is 0.0704. The van der Waals surface area contributed by atoms with Crippen LogP contribution in [-0.2, 0) is 11.2 Å². The summed E-state index contributed by atoms with van der Waals surface area (Å²) in [6.07, 6.45) is 2.35. The van der Waals surface area contributed by atoms with Gasteiger partial charge < -0.3 is 15.8 Å². The first kappa shape index (κ1) is 13.9. The number of H-pyrrole nitrogens is 1. The second-order valence-corrected chi connectivity index (χ2v) is 4.17. The summed E-state index contributed by atoms with van der Waals surface area (Å²) in [4.78, 5) is 15.5. The summed E-state index contributed by atoms with van der Waals surface area (Å²) in [6.45, 7) is 0.809. The van der Waals surface area contributed by atoms with Crippen molar-refractivity contribution in [2.45, 2.75) is 12.8 Å². The predicted octanol–water partition coefficient (Wildman–Crippen LogP) is 0.515. The molecule has 2 rings (SSSR count). The van der Waals surface area contributed by atoms with Gasteiger partial charge in [-0.15, -0.1) is 0 Å². The molecule has 0 fully saturated rings. The maximum Gasteiger partial charge on any atom is 0.223 e. The SMILES string of the molecule is Nc1ccccc1OCCC(=O)NCCc1ncn[nH]1. The Bertz CT molecular complexity index is 541. The van der Waals surface area contributed by atoms with Crippen LogP contribution in [0.4, 0.5) is 5.69 Å². The fourth-order valence-corrected chi connectivity index (χ4v) is 1.63. The van der Waals surface area contributed by atoms with E-state index in [1.54, 1.807) is 12.1 Å². The summed E-state index contributed by atoms with van der Waals surface area (Å²) in [5.41, 5.74) is 6.30. The van der Waals surface area contributed by atoms with Crippen molar-refractivity contribution in [2.24, 2.45) is 0 Å².